The molecule has 0 unspecified atom stereocenters. The minimum absolute atomic E-state index is 0.509. The van der Waals surface area contributed by atoms with Crippen LogP contribution in [0.2, 0.25) is 0 Å². The van der Waals surface area contributed by atoms with E-state index in [1.807, 2.05) is 18.2 Å². The van der Waals surface area contributed by atoms with E-state index in [4.69, 9.17) is 11.6 Å². The molecule has 0 amide bonds. The van der Waals surface area contributed by atoms with Gasteiger partial charge in [-0.3, -0.25) is 9.59 Å². The standard InChI is InChI=1S/C7H6O.C3H3ClO/c8-6-7-4-2-1-3-5-7;1-2-3(4)5/h1-6H;2H,1H2. The zero-order chi connectivity index (χ0) is 10.1. The molecule has 0 heterocycles. The Kier molecular flexibility index (Phi) is 6.46. The molecule has 0 aliphatic carbocycles. The monoisotopic (exact) mass is 196 g/mol. The fraction of sp³-hybridized carbons (Fsp3) is 0. The fourth-order valence-electron chi connectivity index (χ4n) is 0.532. The first-order chi connectivity index (χ1) is 6.20. The van der Waals surface area contributed by atoms with Gasteiger partial charge in [0.05, 0.1) is 0 Å². The summed E-state index contributed by atoms with van der Waals surface area (Å²) in [7, 11) is 0. The maximum atomic E-state index is 10.0. The number of hydrogen-bond acceptors (Lipinski definition) is 2. The van der Waals surface area contributed by atoms with Gasteiger partial charge < -0.3 is 0 Å². The van der Waals surface area contributed by atoms with Crippen molar-refractivity contribution in [2.75, 3.05) is 0 Å². The van der Waals surface area contributed by atoms with E-state index in [0.717, 1.165) is 17.9 Å². The van der Waals surface area contributed by atoms with Crippen LogP contribution in [0.15, 0.2) is 43.0 Å². The van der Waals surface area contributed by atoms with Crippen LogP contribution in [-0.2, 0) is 4.79 Å². The molecule has 0 spiro atoms. The van der Waals surface area contributed by atoms with E-state index in [2.05, 4.69) is 6.58 Å². The van der Waals surface area contributed by atoms with E-state index in [9.17, 15) is 9.59 Å². The van der Waals surface area contributed by atoms with E-state index >= 15 is 0 Å². The molecule has 13 heavy (non-hydrogen) atoms. The average Bonchev–Trinajstić information content (AvgIpc) is 2.20. The number of benzene rings is 1. The van der Waals surface area contributed by atoms with Crippen LogP contribution in [0.4, 0.5) is 0 Å². The number of aldehydes is 1. The molecule has 0 saturated heterocycles. The van der Waals surface area contributed by atoms with Gasteiger partial charge >= 0.3 is 0 Å². The maximum Gasteiger partial charge on any atom is 0.244 e. The van der Waals surface area contributed by atoms with Crippen LogP contribution in [-0.4, -0.2) is 11.5 Å². The van der Waals surface area contributed by atoms with Crippen molar-refractivity contribution in [1.82, 2.24) is 0 Å². The smallest absolute Gasteiger partial charge is 0.244 e. The van der Waals surface area contributed by atoms with Gasteiger partial charge in [0.2, 0.25) is 5.24 Å². The van der Waals surface area contributed by atoms with Crippen molar-refractivity contribution >= 4 is 23.1 Å². The Hall–Kier alpha value is -1.41. The summed E-state index contributed by atoms with van der Waals surface area (Å²) in [5, 5.41) is -0.509. The van der Waals surface area contributed by atoms with E-state index in [1.165, 1.54) is 0 Å². The summed E-state index contributed by atoms with van der Waals surface area (Å²) in [4.78, 5) is 19.5. The van der Waals surface area contributed by atoms with Crippen LogP contribution < -0.4 is 0 Å². The van der Waals surface area contributed by atoms with Crippen LogP contribution in [0.1, 0.15) is 10.4 Å². The van der Waals surface area contributed by atoms with Gasteiger partial charge in [0.1, 0.15) is 6.29 Å². The van der Waals surface area contributed by atoms with E-state index in [0.29, 0.717) is 0 Å². The number of carbonyl (C=O) groups excluding carboxylic acids is 2. The van der Waals surface area contributed by atoms with Crippen molar-refractivity contribution in [1.29, 1.82) is 0 Å². The molecule has 0 saturated carbocycles. The van der Waals surface area contributed by atoms with Crippen molar-refractivity contribution in [3.05, 3.63) is 48.6 Å². The highest BCUT2D eigenvalue weighted by molar-refractivity contribution is 6.66. The maximum absolute atomic E-state index is 10.0. The highest BCUT2D eigenvalue weighted by Gasteiger charge is 1.80. The number of carbonyl (C=O) groups is 2. The van der Waals surface area contributed by atoms with Crippen LogP contribution in [0.25, 0.3) is 0 Å². The lowest BCUT2D eigenvalue weighted by atomic mass is 10.2. The number of halogens is 1. The van der Waals surface area contributed by atoms with Gasteiger partial charge in [-0.2, -0.15) is 0 Å². The summed E-state index contributed by atoms with van der Waals surface area (Å²) in [6.07, 6.45) is 1.88. The molecule has 0 aliphatic heterocycles. The lowest BCUT2D eigenvalue weighted by molar-refractivity contribution is -0.107. The molecule has 0 N–H and O–H groups in total. The van der Waals surface area contributed by atoms with Crippen LogP contribution in [0, 0.1) is 0 Å². The Morgan fingerprint density at radius 3 is 2.00 bits per heavy atom. The molecule has 0 fully saturated rings. The van der Waals surface area contributed by atoms with Gasteiger partial charge in [-0.05, 0) is 17.7 Å². The molecule has 68 valence electrons. The molecule has 3 heteroatoms. The Bertz CT molecular complexity index is 280. The molecule has 1 aromatic carbocycles. The first-order valence-electron chi connectivity index (χ1n) is 3.53. The van der Waals surface area contributed by atoms with Crippen molar-refractivity contribution in [3.8, 4) is 0 Å². The second kappa shape index (κ2) is 7.25. The number of rotatable bonds is 2. The Labute approximate surface area is 81.8 Å². The summed E-state index contributed by atoms with van der Waals surface area (Å²) >= 11 is 4.71. The third-order valence-corrected chi connectivity index (χ3v) is 1.25. The molecular formula is C10H9ClO2. The molecular weight excluding hydrogens is 188 g/mol. The minimum Gasteiger partial charge on any atom is -0.298 e. The Morgan fingerprint density at radius 1 is 1.31 bits per heavy atom. The SMILES string of the molecule is C=CC(=O)Cl.O=Cc1ccccc1. The Balaban J connectivity index is 0.000000252. The average molecular weight is 197 g/mol. The lowest BCUT2D eigenvalue weighted by Crippen LogP contribution is -1.73. The largest absolute Gasteiger partial charge is 0.298 e. The second-order valence-corrected chi connectivity index (χ2v) is 2.41. The van der Waals surface area contributed by atoms with Crippen molar-refractivity contribution in [3.63, 3.8) is 0 Å². The second-order valence-electron chi connectivity index (χ2n) is 2.04. The van der Waals surface area contributed by atoms with Gasteiger partial charge in [-0.1, -0.05) is 36.9 Å². The quantitative estimate of drug-likeness (QED) is 0.414. The Morgan fingerprint density at radius 2 is 1.77 bits per heavy atom. The minimum atomic E-state index is -0.509. The molecule has 0 bridgehead atoms. The first-order valence-corrected chi connectivity index (χ1v) is 3.90. The summed E-state index contributed by atoms with van der Waals surface area (Å²) in [5.74, 6) is 0. The summed E-state index contributed by atoms with van der Waals surface area (Å²) in [6, 6.07) is 9.10. The molecule has 1 rings (SSSR count). The molecule has 0 aromatic heterocycles. The predicted molar refractivity (Wildman–Crippen MR) is 52.9 cm³/mol. The van der Waals surface area contributed by atoms with Crippen LogP contribution in [0.3, 0.4) is 0 Å². The highest BCUT2D eigenvalue weighted by Crippen LogP contribution is 1.91. The lowest BCUT2D eigenvalue weighted by Gasteiger charge is -1.81. The zero-order valence-electron chi connectivity index (χ0n) is 6.94. The molecule has 1 aromatic rings. The fourth-order valence-corrected chi connectivity index (χ4v) is 0.532. The zero-order valence-corrected chi connectivity index (χ0v) is 7.70. The molecule has 0 atom stereocenters. The third kappa shape index (κ3) is 6.97. The predicted octanol–water partition coefficient (Wildman–Crippen LogP) is 2.44. The molecule has 2 nitrogen and oxygen atoms in total. The third-order valence-electron chi connectivity index (χ3n) is 1.10. The van der Waals surface area contributed by atoms with Crippen LogP contribution in [0.5, 0.6) is 0 Å². The van der Waals surface area contributed by atoms with Gasteiger partial charge in [-0.15, -0.1) is 0 Å². The van der Waals surface area contributed by atoms with E-state index in [-0.39, 0.29) is 0 Å². The topological polar surface area (TPSA) is 34.1 Å². The number of allylic oxidation sites excluding steroid dienone is 1. The molecule has 0 aliphatic rings. The van der Waals surface area contributed by atoms with Gasteiger partial charge in [-0.25, -0.2) is 0 Å². The normalized spacial score (nSPS) is 7.77. The van der Waals surface area contributed by atoms with Crippen molar-refractivity contribution in [2.24, 2.45) is 0 Å². The summed E-state index contributed by atoms with van der Waals surface area (Å²) in [6.45, 7) is 3.08. The van der Waals surface area contributed by atoms with Crippen LogP contribution >= 0.6 is 11.6 Å². The summed E-state index contributed by atoms with van der Waals surface area (Å²) < 4.78 is 0. The van der Waals surface area contributed by atoms with Gasteiger partial charge in [0.25, 0.3) is 0 Å². The highest BCUT2D eigenvalue weighted by atomic mass is 35.5. The molecule has 0 radical (unpaired) electrons. The van der Waals surface area contributed by atoms with Gasteiger partial charge in [0, 0.05) is 5.56 Å². The van der Waals surface area contributed by atoms with E-state index in [1.54, 1.807) is 12.1 Å². The van der Waals surface area contributed by atoms with Gasteiger partial charge in [0.15, 0.2) is 0 Å². The summed E-state index contributed by atoms with van der Waals surface area (Å²) in [5.41, 5.74) is 0.729. The van der Waals surface area contributed by atoms with Crippen molar-refractivity contribution < 1.29 is 9.59 Å². The number of hydrogen-bond donors (Lipinski definition) is 0. The first kappa shape index (κ1) is 11.6. The van der Waals surface area contributed by atoms with E-state index < -0.39 is 5.24 Å². The van der Waals surface area contributed by atoms with Crippen molar-refractivity contribution in [2.45, 2.75) is 0 Å².